The summed E-state index contributed by atoms with van der Waals surface area (Å²) in [5.41, 5.74) is 4.18. The van der Waals surface area contributed by atoms with Crippen LogP contribution in [0.4, 0.5) is 5.69 Å². The molecular formula is C25H23ClN2O2. The van der Waals surface area contributed by atoms with E-state index in [0.29, 0.717) is 5.02 Å². The second-order valence-electron chi connectivity index (χ2n) is 6.98. The van der Waals surface area contributed by atoms with Gasteiger partial charge in [-0.15, -0.1) is 0 Å². The molecule has 1 unspecified atom stereocenters. The summed E-state index contributed by atoms with van der Waals surface area (Å²) in [6.07, 6.45) is 4.92. The fourth-order valence-electron chi connectivity index (χ4n) is 3.56. The molecule has 0 saturated heterocycles. The van der Waals surface area contributed by atoms with Crippen molar-refractivity contribution in [2.45, 2.75) is 12.5 Å². The van der Waals surface area contributed by atoms with Crippen molar-refractivity contribution in [1.29, 1.82) is 0 Å². The zero-order valence-corrected chi connectivity index (χ0v) is 17.7. The first kappa shape index (κ1) is 20.0. The molecule has 0 amide bonds. The number of hydrogen-bond acceptors (Lipinski definition) is 4. The molecular weight excluding hydrogens is 396 g/mol. The second-order valence-corrected chi connectivity index (χ2v) is 7.42. The van der Waals surface area contributed by atoms with Gasteiger partial charge < -0.3 is 9.47 Å². The Kier molecular flexibility index (Phi) is 6.05. The normalized spacial score (nSPS) is 16.0. The van der Waals surface area contributed by atoms with Gasteiger partial charge in [-0.05, 0) is 54.1 Å². The molecule has 4 nitrogen and oxygen atoms in total. The van der Waals surface area contributed by atoms with E-state index in [1.54, 1.807) is 14.2 Å². The maximum atomic E-state index is 6.09. The summed E-state index contributed by atoms with van der Waals surface area (Å²) in [6, 6.07) is 23.8. The Morgan fingerprint density at radius 2 is 1.63 bits per heavy atom. The highest BCUT2D eigenvalue weighted by Gasteiger charge is 2.30. The summed E-state index contributed by atoms with van der Waals surface area (Å²) in [5, 5.41) is 7.66. The highest BCUT2D eigenvalue weighted by Crippen LogP contribution is 2.39. The minimum atomic E-state index is 0.0397. The largest absolute Gasteiger partial charge is 0.497 e. The van der Waals surface area contributed by atoms with E-state index >= 15 is 0 Å². The van der Waals surface area contributed by atoms with Crippen LogP contribution < -0.4 is 14.5 Å². The maximum Gasteiger partial charge on any atom is 0.124 e. The van der Waals surface area contributed by atoms with Gasteiger partial charge in [-0.25, -0.2) is 0 Å². The Hall–Kier alpha value is -3.24. The smallest absolute Gasteiger partial charge is 0.124 e. The van der Waals surface area contributed by atoms with Gasteiger partial charge in [0.25, 0.3) is 0 Å². The van der Waals surface area contributed by atoms with E-state index in [9.17, 15) is 0 Å². The Morgan fingerprint density at radius 3 is 2.33 bits per heavy atom. The van der Waals surface area contributed by atoms with Gasteiger partial charge in [0.15, 0.2) is 0 Å². The maximum absolute atomic E-state index is 6.09. The van der Waals surface area contributed by atoms with Crippen molar-refractivity contribution in [3.8, 4) is 11.5 Å². The zero-order chi connectivity index (χ0) is 20.9. The number of hydrogen-bond donors (Lipinski definition) is 0. The van der Waals surface area contributed by atoms with Crippen LogP contribution in [-0.2, 0) is 0 Å². The third kappa shape index (κ3) is 4.34. The summed E-state index contributed by atoms with van der Waals surface area (Å²) in [7, 11) is 3.37. The lowest BCUT2D eigenvalue weighted by atomic mass is 10.00. The number of benzene rings is 3. The van der Waals surface area contributed by atoms with E-state index in [1.807, 2.05) is 71.7 Å². The molecule has 1 heterocycles. The first-order chi connectivity index (χ1) is 14.7. The molecule has 0 spiro atoms. The summed E-state index contributed by atoms with van der Waals surface area (Å²) >= 11 is 6.09. The number of nitrogens with zero attached hydrogens (tertiary/aromatic N) is 2. The van der Waals surface area contributed by atoms with Gasteiger partial charge in [-0.2, -0.15) is 5.10 Å². The number of hydrazone groups is 1. The van der Waals surface area contributed by atoms with Crippen LogP contribution in [0.1, 0.15) is 23.6 Å². The third-order valence-corrected chi connectivity index (χ3v) is 5.36. The second kappa shape index (κ2) is 9.06. The first-order valence-corrected chi connectivity index (χ1v) is 10.1. The lowest BCUT2D eigenvalue weighted by Gasteiger charge is -2.25. The van der Waals surface area contributed by atoms with Crippen molar-refractivity contribution in [1.82, 2.24) is 0 Å². The monoisotopic (exact) mass is 418 g/mol. The van der Waals surface area contributed by atoms with E-state index in [1.165, 1.54) is 0 Å². The summed E-state index contributed by atoms with van der Waals surface area (Å²) in [6.45, 7) is 0. The fraction of sp³-hybridized carbons (Fsp3) is 0.160. The summed E-state index contributed by atoms with van der Waals surface area (Å²) < 4.78 is 10.8. The van der Waals surface area contributed by atoms with Crippen molar-refractivity contribution < 1.29 is 9.47 Å². The van der Waals surface area contributed by atoms with Crippen molar-refractivity contribution in [2.24, 2.45) is 5.10 Å². The summed E-state index contributed by atoms with van der Waals surface area (Å²) in [5.74, 6) is 1.70. The van der Waals surface area contributed by atoms with Gasteiger partial charge in [0.1, 0.15) is 11.5 Å². The molecule has 3 aromatic rings. The Bertz CT molecular complexity index is 1060. The quantitative estimate of drug-likeness (QED) is 0.466. The number of allylic oxidation sites excluding steroid dienone is 1. The van der Waals surface area contributed by atoms with Gasteiger partial charge in [-0.1, -0.05) is 48.0 Å². The van der Waals surface area contributed by atoms with Crippen molar-refractivity contribution in [3.63, 3.8) is 0 Å². The third-order valence-electron chi connectivity index (χ3n) is 5.11. The number of rotatable bonds is 6. The van der Waals surface area contributed by atoms with E-state index < -0.39 is 0 Å². The number of anilines is 1. The number of methoxy groups -OCH3 is 2. The molecule has 0 aromatic heterocycles. The molecule has 152 valence electrons. The Morgan fingerprint density at radius 1 is 0.900 bits per heavy atom. The van der Waals surface area contributed by atoms with Gasteiger partial charge in [0, 0.05) is 17.0 Å². The van der Waals surface area contributed by atoms with E-state index in [0.717, 1.165) is 40.4 Å². The Labute approximate surface area is 182 Å². The molecule has 3 aromatic carbocycles. The summed E-state index contributed by atoms with van der Waals surface area (Å²) in [4.78, 5) is 0. The van der Waals surface area contributed by atoms with E-state index in [-0.39, 0.29) is 6.04 Å². The fourth-order valence-corrected chi connectivity index (χ4v) is 3.68. The van der Waals surface area contributed by atoms with Crippen LogP contribution in [0.15, 0.2) is 84.0 Å². The highest BCUT2D eigenvalue weighted by molar-refractivity contribution is 6.30. The lowest BCUT2D eigenvalue weighted by molar-refractivity contribution is 0.405. The van der Waals surface area contributed by atoms with E-state index in [2.05, 4.69) is 18.2 Å². The number of halogens is 1. The molecule has 0 N–H and O–H groups in total. The van der Waals surface area contributed by atoms with Crippen molar-refractivity contribution >= 4 is 29.1 Å². The van der Waals surface area contributed by atoms with Gasteiger partial charge in [0.05, 0.1) is 31.7 Å². The highest BCUT2D eigenvalue weighted by atomic mass is 35.5. The van der Waals surface area contributed by atoms with Crippen LogP contribution in [0.2, 0.25) is 5.02 Å². The van der Waals surface area contributed by atoms with E-state index in [4.69, 9.17) is 26.2 Å². The molecule has 0 saturated carbocycles. The molecule has 0 radical (unpaired) electrons. The first-order valence-electron chi connectivity index (χ1n) is 9.75. The minimum Gasteiger partial charge on any atom is -0.497 e. The zero-order valence-electron chi connectivity index (χ0n) is 17.0. The predicted octanol–water partition coefficient (Wildman–Crippen LogP) is 6.38. The number of para-hydroxylation sites is 1. The molecule has 0 fully saturated rings. The van der Waals surface area contributed by atoms with Gasteiger partial charge in [0.2, 0.25) is 0 Å². The lowest BCUT2D eigenvalue weighted by Crippen LogP contribution is -2.19. The van der Waals surface area contributed by atoms with Crippen LogP contribution >= 0.6 is 11.6 Å². The molecule has 1 atom stereocenters. The van der Waals surface area contributed by atoms with Gasteiger partial charge >= 0.3 is 0 Å². The average Bonchev–Trinajstić information content (AvgIpc) is 3.22. The molecule has 1 aliphatic rings. The molecule has 5 heteroatoms. The van der Waals surface area contributed by atoms with Crippen molar-refractivity contribution in [3.05, 3.63) is 95.0 Å². The van der Waals surface area contributed by atoms with Gasteiger partial charge in [-0.3, -0.25) is 5.01 Å². The van der Waals surface area contributed by atoms with Crippen molar-refractivity contribution in [2.75, 3.05) is 19.2 Å². The van der Waals surface area contributed by atoms with Crippen LogP contribution in [0.3, 0.4) is 0 Å². The SMILES string of the molecule is COc1ccc(C=CC2=NN(c3ccc(Cl)cc3)C(c3ccccc3OC)C2)cc1. The average molecular weight is 419 g/mol. The molecule has 0 bridgehead atoms. The van der Waals surface area contributed by atoms with Crippen LogP contribution in [0, 0.1) is 0 Å². The standard InChI is InChI=1S/C25H23ClN2O2/c1-29-22-15-8-18(9-16-22)7-12-20-17-24(23-5-3-4-6-25(23)30-2)28(27-20)21-13-10-19(26)11-14-21/h3-16,24H,17H2,1-2H3. The van der Waals surface area contributed by atoms with Crippen LogP contribution in [0.25, 0.3) is 6.08 Å². The molecule has 1 aliphatic heterocycles. The topological polar surface area (TPSA) is 34.1 Å². The molecule has 4 rings (SSSR count). The molecule has 30 heavy (non-hydrogen) atoms. The minimum absolute atomic E-state index is 0.0397. The predicted molar refractivity (Wildman–Crippen MR) is 124 cm³/mol. The number of ether oxygens (including phenoxy) is 2. The Balaban J connectivity index is 1.65. The molecule has 0 aliphatic carbocycles. The van der Waals surface area contributed by atoms with Crippen LogP contribution in [-0.4, -0.2) is 19.9 Å². The van der Waals surface area contributed by atoms with Crippen LogP contribution in [0.5, 0.6) is 11.5 Å².